The van der Waals surface area contributed by atoms with Crippen LogP contribution in [0.15, 0.2) is 48.2 Å². The van der Waals surface area contributed by atoms with Gasteiger partial charge in [0.1, 0.15) is 6.61 Å². The molecule has 9 nitrogen and oxygen atoms in total. The maximum atomic E-state index is 13.0. The van der Waals surface area contributed by atoms with Crippen LogP contribution in [-0.2, 0) is 19.1 Å². The molecule has 1 aromatic rings. The molecule has 0 spiro atoms. The van der Waals surface area contributed by atoms with Crippen LogP contribution in [0.4, 0.5) is 5.69 Å². The molecular weight excluding hydrogens is 416 g/mol. The predicted molar refractivity (Wildman–Crippen MR) is 113 cm³/mol. The number of rotatable bonds is 8. The molecule has 0 aliphatic carbocycles. The molecule has 0 amide bonds. The molecule has 4 unspecified atom stereocenters. The molecule has 0 radical (unpaired) electrons. The summed E-state index contributed by atoms with van der Waals surface area (Å²) < 4.78 is 11.0. The first-order valence-corrected chi connectivity index (χ1v) is 10.5. The molecular formula is C23H27N2O7-. The Balaban J connectivity index is 2.16. The van der Waals surface area contributed by atoms with Crippen molar-refractivity contribution < 1.29 is 29.1 Å². The number of ether oxygens (including phenoxy) is 2. The van der Waals surface area contributed by atoms with Crippen LogP contribution in [0.3, 0.4) is 0 Å². The quantitative estimate of drug-likeness (QED) is 0.279. The molecule has 32 heavy (non-hydrogen) atoms. The second-order valence-corrected chi connectivity index (χ2v) is 8.43. The molecule has 1 N–H and O–H groups in total. The minimum atomic E-state index is -1.36. The van der Waals surface area contributed by atoms with Gasteiger partial charge in [-0.25, -0.2) is 4.79 Å². The molecule has 3 rings (SSSR count). The van der Waals surface area contributed by atoms with Gasteiger partial charge in [-0.1, -0.05) is 24.8 Å². The molecule has 4 atom stereocenters. The summed E-state index contributed by atoms with van der Waals surface area (Å²) in [5.41, 5.74) is -0.330. The van der Waals surface area contributed by atoms with E-state index in [-0.39, 0.29) is 24.0 Å². The Labute approximate surface area is 186 Å². The van der Waals surface area contributed by atoms with Gasteiger partial charge in [0.05, 0.1) is 16.6 Å². The van der Waals surface area contributed by atoms with E-state index < -0.39 is 34.2 Å². The first-order chi connectivity index (χ1) is 15.2. The van der Waals surface area contributed by atoms with Gasteiger partial charge in [-0.15, -0.1) is 0 Å². The maximum Gasteiger partial charge on any atom is 0.336 e. The highest BCUT2D eigenvalue weighted by molar-refractivity contribution is 5.93. The van der Waals surface area contributed by atoms with Crippen molar-refractivity contribution in [1.29, 1.82) is 0 Å². The number of nitrogens with one attached hydrogen (secondary N) is 1. The van der Waals surface area contributed by atoms with Crippen molar-refractivity contribution in [2.75, 3.05) is 13.2 Å². The summed E-state index contributed by atoms with van der Waals surface area (Å²) >= 11 is 0. The molecule has 0 bridgehead atoms. The van der Waals surface area contributed by atoms with Gasteiger partial charge in [0.2, 0.25) is 0 Å². The lowest BCUT2D eigenvalue weighted by atomic mass is 9.65. The van der Waals surface area contributed by atoms with Crippen molar-refractivity contribution in [2.24, 2.45) is 5.92 Å². The summed E-state index contributed by atoms with van der Waals surface area (Å²) in [4.78, 5) is 36.3. The third-order valence-corrected chi connectivity index (χ3v) is 6.13. The van der Waals surface area contributed by atoms with Crippen LogP contribution in [0.1, 0.15) is 44.6 Å². The molecule has 1 aromatic carbocycles. The van der Waals surface area contributed by atoms with Gasteiger partial charge in [0.15, 0.2) is 0 Å². The first kappa shape index (κ1) is 23.5. The molecule has 0 saturated carbocycles. The molecule has 2 heterocycles. The Hall–Kier alpha value is -3.20. The summed E-state index contributed by atoms with van der Waals surface area (Å²) in [6.45, 7) is 7.52. The van der Waals surface area contributed by atoms with E-state index in [1.807, 2.05) is 0 Å². The number of nitro benzene ring substituents is 1. The fraction of sp³-hybridized carbons (Fsp3) is 0.478. The summed E-state index contributed by atoms with van der Waals surface area (Å²) in [7, 11) is 0. The molecule has 2 aliphatic rings. The minimum Gasteiger partial charge on any atom is -0.550 e. The number of hydrogen-bond acceptors (Lipinski definition) is 8. The number of carbonyl (C=O) groups is 2. The number of carboxylic acids is 1. The second kappa shape index (κ2) is 9.52. The van der Waals surface area contributed by atoms with Gasteiger partial charge in [-0.3, -0.25) is 10.1 Å². The summed E-state index contributed by atoms with van der Waals surface area (Å²) in [5, 5.41) is 27.1. The first-order valence-electron chi connectivity index (χ1n) is 10.5. The van der Waals surface area contributed by atoms with E-state index in [2.05, 4.69) is 11.9 Å². The second-order valence-electron chi connectivity index (χ2n) is 8.43. The predicted octanol–water partition coefficient (Wildman–Crippen LogP) is 1.98. The average Bonchev–Trinajstić information content (AvgIpc) is 3.23. The largest absolute Gasteiger partial charge is 0.550 e. The van der Waals surface area contributed by atoms with Gasteiger partial charge in [-0.05, 0) is 38.7 Å². The Morgan fingerprint density at radius 1 is 1.44 bits per heavy atom. The zero-order valence-electron chi connectivity index (χ0n) is 18.2. The number of carbonyl (C=O) groups excluding carboxylic acids is 2. The van der Waals surface area contributed by atoms with E-state index in [1.54, 1.807) is 19.9 Å². The number of non-ortho nitro benzene ring substituents is 1. The number of benzene rings is 1. The van der Waals surface area contributed by atoms with E-state index >= 15 is 0 Å². The molecule has 1 saturated heterocycles. The fourth-order valence-corrected chi connectivity index (χ4v) is 4.88. The topological polar surface area (TPSA) is 131 Å². The molecule has 1 fully saturated rings. The van der Waals surface area contributed by atoms with Crippen molar-refractivity contribution in [3.63, 3.8) is 0 Å². The average molecular weight is 443 g/mol. The van der Waals surface area contributed by atoms with Gasteiger partial charge < -0.3 is 24.7 Å². The van der Waals surface area contributed by atoms with E-state index in [1.165, 1.54) is 24.3 Å². The van der Waals surface area contributed by atoms with E-state index in [9.17, 15) is 24.8 Å². The van der Waals surface area contributed by atoms with Gasteiger partial charge in [0, 0.05) is 47.8 Å². The zero-order chi connectivity index (χ0) is 23.5. The summed E-state index contributed by atoms with van der Waals surface area (Å²) in [5.74, 6) is -4.29. The minimum absolute atomic E-state index is 0.0551. The molecule has 9 heteroatoms. The van der Waals surface area contributed by atoms with Crippen LogP contribution < -0.4 is 10.4 Å². The lowest BCUT2D eigenvalue weighted by molar-refractivity contribution is -0.385. The standard InChI is InChI=1S/C23H28N2O7/c1-4-10-32-22(28)18-14(2)24-23(3,13-17-9-6-11-31-17)20(21(26)27)19(18)15-7-5-8-16(12-15)25(29)30/h4-5,7-8,12,17,19-20,24H,1,6,9-11,13H2,2-3H3,(H,26,27)/p-1. The highest BCUT2D eigenvalue weighted by atomic mass is 16.6. The van der Waals surface area contributed by atoms with Crippen LogP contribution in [0.5, 0.6) is 0 Å². The Kier molecular flexibility index (Phi) is 6.98. The summed E-state index contributed by atoms with van der Waals surface area (Å²) in [6, 6.07) is 5.67. The van der Waals surface area contributed by atoms with Crippen molar-refractivity contribution >= 4 is 17.6 Å². The van der Waals surface area contributed by atoms with Crippen molar-refractivity contribution in [2.45, 2.75) is 50.7 Å². The SMILES string of the molecule is C=CCOC(=O)C1=C(C)NC(C)(CC2CCCO2)C(C(=O)[O-])C1c1cccc([N+](=O)[O-])c1. The Morgan fingerprint density at radius 2 is 2.19 bits per heavy atom. The molecule has 172 valence electrons. The van der Waals surface area contributed by atoms with Gasteiger partial charge in [0.25, 0.3) is 5.69 Å². The number of hydrogen-bond donors (Lipinski definition) is 1. The van der Waals surface area contributed by atoms with Crippen LogP contribution in [-0.4, -0.2) is 41.7 Å². The number of nitro groups is 1. The van der Waals surface area contributed by atoms with Crippen molar-refractivity contribution in [3.8, 4) is 0 Å². The maximum absolute atomic E-state index is 13.0. The molecule has 2 aliphatic heterocycles. The normalized spacial score (nSPS) is 27.5. The summed E-state index contributed by atoms with van der Waals surface area (Å²) in [6.07, 6.45) is 3.34. The third kappa shape index (κ3) is 4.67. The number of carboxylic acid groups (broad SMARTS) is 1. The fourth-order valence-electron chi connectivity index (χ4n) is 4.88. The number of esters is 1. The molecule has 0 aromatic heterocycles. The number of nitrogens with zero attached hydrogens (tertiary/aromatic N) is 1. The van der Waals surface area contributed by atoms with Crippen molar-refractivity contribution in [1.82, 2.24) is 5.32 Å². The van der Waals surface area contributed by atoms with Gasteiger partial charge >= 0.3 is 5.97 Å². The Bertz CT molecular complexity index is 951. The van der Waals surface area contributed by atoms with Crippen LogP contribution >= 0.6 is 0 Å². The third-order valence-electron chi connectivity index (χ3n) is 6.13. The highest BCUT2D eigenvalue weighted by Gasteiger charge is 2.50. The van der Waals surface area contributed by atoms with Crippen LogP contribution in [0.2, 0.25) is 0 Å². The zero-order valence-corrected chi connectivity index (χ0v) is 18.2. The number of aliphatic carboxylic acids is 1. The van der Waals surface area contributed by atoms with Crippen molar-refractivity contribution in [3.05, 3.63) is 63.9 Å². The van der Waals surface area contributed by atoms with Crippen LogP contribution in [0.25, 0.3) is 0 Å². The van der Waals surface area contributed by atoms with E-state index in [0.717, 1.165) is 12.8 Å². The highest BCUT2D eigenvalue weighted by Crippen LogP contribution is 2.46. The smallest absolute Gasteiger partial charge is 0.336 e. The lowest BCUT2D eigenvalue weighted by Gasteiger charge is -2.49. The van der Waals surface area contributed by atoms with E-state index in [4.69, 9.17) is 9.47 Å². The van der Waals surface area contributed by atoms with E-state index in [0.29, 0.717) is 24.3 Å². The van der Waals surface area contributed by atoms with Crippen LogP contribution in [0, 0.1) is 16.0 Å². The number of allylic oxidation sites excluding steroid dienone is 1. The Morgan fingerprint density at radius 3 is 2.78 bits per heavy atom. The monoisotopic (exact) mass is 443 g/mol. The lowest BCUT2D eigenvalue weighted by Crippen LogP contribution is -2.61. The van der Waals surface area contributed by atoms with Gasteiger partial charge in [-0.2, -0.15) is 0 Å².